The Kier molecular flexibility index (Phi) is 10.3. The zero-order chi connectivity index (χ0) is 29.6. The molecular weight excluding hydrogens is 589 g/mol. The van der Waals surface area contributed by atoms with E-state index in [1.807, 2.05) is 0 Å². The van der Waals surface area contributed by atoms with Gasteiger partial charge >= 0.3 is 12.1 Å². The Morgan fingerprint density at radius 3 is 2.65 bits per heavy atom. The highest BCUT2D eigenvalue weighted by Gasteiger charge is 2.24. The van der Waals surface area contributed by atoms with Crippen molar-refractivity contribution < 1.29 is 33.3 Å². The van der Waals surface area contributed by atoms with Crippen molar-refractivity contribution in [3.63, 3.8) is 0 Å². The molecule has 2 atom stereocenters. The van der Waals surface area contributed by atoms with Crippen molar-refractivity contribution in [3.05, 3.63) is 52.0 Å². The van der Waals surface area contributed by atoms with Gasteiger partial charge < -0.3 is 29.5 Å². The Bertz CT molecular complexity index is 1340. The minimum absolute atomic E-state index is 0.103. The number of carbonyl (C=O) groups is 2. The first-order chi connectivity index (χ1) is 18.8. The molecule has 0 saturated carbocycles. The second kappa shape index (κ2) is 13.3. The van der Waals surface area contributed by atoms with Crippen molar-refractivity contribution in [1.29, 1.82) is 0 Å². The van der Waals surface area contributed by atoms with Gasteiger partial charge in [0.2, 0.25) is 0 Å². The molecule has 0 fully saturated rings. The molecule has 0 spiro atoms. The third-order valence-corrected chi connectivity index (χ3v) is 6.18. The number of ether oxygens (including phenoxy) is 3. The second-order valence-corrected chi connectivity index (χ2v) is 11.0. The summed E-state index contributed by atoms with van der Waals surface area (Å²) in [5, 5.41) is 16.9. The molecule has 0 unspecified atom stereocenters. The van der Waals surface area contributed by atoms with Crippen LogP contribution in [-0.4, -0.2) is 69.3 Å². The number of fused-ring (bicyclic) bond motifs is 1. The number of alkyl carbamates (subject to hydrolysis) is 1. The molecule has 1 aromatic carbocycles. The number of benzene rings is 1. The van der Waals surface area contributed by atoms with Crippen LogP contribution in [0.5, 0.6) is 5.75 Å². The van der Waals surface area contributed by atoms with Gasteiger partial charge in [-0.3, -0.25) is 0 Å². The summed E-state index contributed by atoms with van der Waals surface area (Å²) in [6, 6.07) is 3.68. The lowest BCUT2D eigenvalue weighted by Crippen LogP contribution is -2.38. The minimum Gasteiger partial charge on any atom is -0.489 e. The molecule has 0 aliphatic rings. The Morgan fingerprint density at radius 1 is 1.27 bits per heavy atom. The summed E-state index contributed by atoms with van der Waals surface area (Å²) in [5.74, 6) is -0.241. The summed E-state index contributed by atoms with van der Waals surface area (Å²) < 4.78 is 32.8. The first-order valence-corrected chi connectivity index (χ1v) is 13.6. The molecule has 0 aliphatic carbocycles. The summed E-state index contributed by atoms with van der Waals surface area (Å²) in [4.78, 5) is 30.9. The van der Waals surface area contributed by atoms with Gasteiger partial charge in [0.15, 0.2) is 5.65 Å². The summed E-state index contributed by atoms with van der Waals surface area (Å²) in [5.41, 5.74) is 0.305. The van der Waals surface area contributed by atoms with E-state index in [0.29, 0.717) is 21.6 Å². The molecule has 1 amide bonds. The van der Waals surface area contributed by atoms with Crippen LogP contribution in [0.2, 0.25) is 0 Å². The molecule has 3 aromatic rings. The first kappa shape index (κ1) is 31.1. The van der Waals surface area contributed by atoms with Crippen LogP contribution in [0.3, 0.4) is 0 Å². The number of rotatable bonds is 11. The molecule has 11 nitrogen and oxygen atoms in total. The molecule has 0 bridgehead atoms. The maximum Gasteiger partial charge on any atom is 0.407 e. The average molecular weight is 625 g/mol. The molecule has 2 aromatic heterocycles. The SMILES string of the molecule is CCOC(=O)c1cnn2cc(Br)c(N(Cc3cc(F)ccc3O[C@@H](C)CNC(=O)OC(C)(C)C)[C@@H](C)CO)nc12. The minimum atomic E-state index is -0.634. The van der Waals surface area contributed by atoms with Gasteiger partial charge in [0.1, 0.15) is 34.7 Å². The van der Waals surface area contributed by atoms with E-state index < -0.39 is 35.6 Å². The molecule has 40 heavy (non-hydrogen) atoms. The van der Waals surface area contributed by atoms with Gasteiger partial charge in [-0.15, -0.1) is 0 Å². The number of aliphatic hydroxyl groups is 1. The fourth-order valence-corrected chi connectivity index (χ4v) is 4.25. The molecular formula is C27H35BrFN5O6. The van der Waals surface area contributed by atoms with E-state index in [2.05, 4.69) is 31.3 Å². The fraction of sp³-hybridized carbons (Fsp3) is 0.481. The van der Waals surface area contributed by atoms with Crippen LogP contribution < -0.4 is 15.0 Å². The first-order valence-electron chi connectivity index (χ1n) is 12.8. The molecule has 0 radical (unpaired) electrons. The number of halogens is 2. The van der Waals surface area contributed by atoms with E-state index >= 15 is 0 Å². The van der Waals surface area contributed by atoms with Crippen molar-refractivity contribution >= 4 is 39.5 Å². The van der Waals surface area contributed by atoms with Crippen LogP contribution >= 0.6 is 15.9 Å². The van der Waals surface area contributed by atoms with Crippen LogP contribution in [0.15, 0.2) is 35.1 Å². The molecule has 2 N–H and O–H groups in total. The lowest BCUT2D eigenvalue weighted by molar-refractivity contribution is 0.0501. The molecule has 2 heterocycles. The number of nitrogens with zero attached hydrogens (tertiary/aromatic N) is 4. The lowest BCUT2D eigenvalue weighted by atomic mass is 10.1. The van der Waals surface area contributed by atoms with Gasteiger partial charge in [-0.05, 0) is 75.7 Å². The average Bonchev–Trinajstić information content (AvgIpc) is 3.28. The largest absolute Gasteiger partial charge is 0.489 e. The van der Waals surface area contributed by atoms with Gasteiger partial charge in [0, 0.05) is 18.3 Å². The Labute approximate surface area is 240 Å². The number of carbonyl (C=O) groups excluding carboxylic acids is 2. The van der Waals surface area contributed by atoms with Crippen molar-refractivity contribution in [1.82, 2.24) is 19.9 Å². The van der Waals surface area contributed by atoms with Crippen molar-refractivity contribution in [2.24, 2.45) is 0 Å². The maximum absolute atomic E-state index is 14.4. The van der Waals surface area contributed by atoms with E-state index in [4.69, 9.17) is 14.2 Å². The van der Waals surface area contributed by atoms with Crippen LogP contribution in [0, 0.1) is 5.82 Å². The summed E-state index contributed by atoms with van der Waals surface area (Å²) in [7, 11) is 0. The number of nitrogens with one attached hydrogen (secondary N) is 1. The number of esters is 1. The number of aromatic nitrogens is 3. The normalized spacial score (nSPS) is 13.0. The standard InChI is InChI=1S/C27H35BrFN5O6/c1-7-38-25(36)20-12-31-34-14-21(28)24(32-23(20)34)33(16(2)15-35)13-18-10-19(29)8-9-22(18)39-17(3)11-30-26(37)40-27(4,5)6/h8-10,12,14,16-17,35H,7,11,13,15H2,1-6H3,(H,30,37)/t16-,17-/m0/s1. The van der Waals surface area contributed by atoms with Gasteiger partial charge in [-0.1, -0.05) is 0 Å². The number of amides is 1. The smallest absolute Gasteiger partial charge is 0.407 e. The third kappa shape index (κ3) is 8.04. The van der Waals surface area contributed by atoms with E-state index in [1.165, 1.54) is 28.9 Å². The highest BCUT2D eigenvalue weighted by atomic mass is 79.9. The van der Waals surface area contributed by atoms with Gasteiger partial charge in [0.25, 0.3) is 0 Å². The molecule has 13 heteroatoms. The van der Waals surface area contributed by atoms with Crippen LogP contribution in [0.1, 0.15) is 57.5 Å². The maximum atomic E-state index is 14.4. The highest BCUT2D eigenvalue weighted by molar-refractivity contribution is 9.10. The van der Waals surface area contributed by atoms with Crippen molar-refractivity contribution in [2.75, 3.05) is 24.7 Å². The zero-order valence-electron chi connectivity index (χ0n) is 23.4. The molecule has 3 rings (SSSR count). The van der Waals surface area contributed by atoms with Crippen LogP contribution in [-0.2, 0) is 16.0 Å². The Hall–Kier alpha value is -3.45. The highest BCUT2D eigenvalue weighted by Crippen LogP contribution is 2.31. The monoisotopic (exact) mass is 623 g/mol. The van der Waals surface area contributed by atoms with E-state index in [-0.39, 0.29) is 37.5 Å². The van der Waals surface area contributed by atoms with Crippen molar-refractivity contribution in [3.8, 4) is 5.75 Å². The van der Waals surface area contributed by atoms with E-state index in [9.17, 15) is 19.1 Å². The molecule has 218 valence electrons. The Balaban J connectivity index is 1.90. The number of aliphatic hydroxyl groups excluding tert-OH is 1. The molecule has 0 saturated heterocycles. The number of hydrogen-bond donors (Lipinski definition) is 2. The fourth-order valence-electron chi connectivity index (χ4n) is 3.74. The zero-order valence-corrected chi connectivity index (χ0v) is 25.0. The predicted molar refractivity (Wildman–Crippen MR) is 150 cm³/mol. The molecule has 0 aliphatic heterocycles. The van der Waals surface area contributed by atoms with Crippen molar-refractivity contribution in [2.45, 2.75) is 65.8 Å². The quantitative estimate of drug-likeness (QED) is 0.297. The van der Waals surface area contributed by atoms with Gasteiger partial charge in [-0.25, -0.2) is 23.5 Å². The Morgan fingerprint density at radius 2 is 2.00 bits per heavy atom. The number of anilines is 1. The lowest BCUT2D eigenvalue weighted by Gasteiger charge is -2.31. The summed E-state index contributed by atoms with van der Waals surface area (Å²) >= 11 is 3.51. The predicted octanol–water partition coefficient (Wildman–Crippen LogP) is 4.49. The summed E-state index contributed by atoms with van der Waals surface area (Å²) in [6.45, 7) is 10.8. The van der Waals surface area contributed by atoms with E-state index in [1.54, 1.807) is 52.6 Å². The van der Waals surface area contributed by atoms with E-state index in [0.717, 1.165) is 0 Å². The topological polar surface area (TPSA) is 128 Å². The summed E-state index contributed by atoms with van der Waals surface area (Å²) in [6.07, 6.45) is 1.98. The number of hydrogen-bond acceptors (Lipinski definition) is 9. The second-order valence-electron chi connectivity index (χ2n) is 10.2. The van der Waals surface area contributed by atoms with Crippen LogP contribution in [0.25, 0.3) is 5.65 Å². The third-order valence-electron chi connectivity index (χ3n) is 5.62. The van der Waals surface area contributed by atoms with Gasteiger partial charge in [-0.2, -0.15) is 5.10 Å². The van der Waals surface area contributed by atoms with Gasteiger partial charge in [0.05, 0.1) is 36.5 Å². The van der Waals surface area contributed by atoms with Crippen LogP contribution in [0.4, 0.5) is 15.0 Å².